The number of nitrogens with one attached hydrogen (secondary N) is 1. The van der Waals surface area contributed by atoms with E-state index in [2.05, 4.69) is 5.32 Å². The molecule has 4 rings (SSSR count). The van der Waals surface area contributed by atoms with Crippen LogP contribution in [-0.2, 0) is 0 Å². The number of anilines is 1. The summed E-state index contributed by atoms with van der Waals surface area (Å²) in [5.74, 6) is -0.184. The average Bonchev–Trinajstić information content (AvgIpc) is 3.08. The van der Waals surface area contributed by atoms with Crippen LogP contribution < -0.4 is 14.8 Å². The zero-order chi connectivity index (χ0) is 22.8. The summed E-state index contributed by atoms with van der Waals surface area (Å²) in [6.07, 6.45) is 0. The van der Waals surface area contributed by atoms with Gasteiger partial charge in [0.15, 0.2) is 0 Å². The lowest BCUT2D eigenvalue weighted by Crippen LogP contribution is -2.32. The van der Waals surface area contributed by atoms with Crippen LogP contribution in [-0.4, -0.2) is 36.8 Å². The SMILES string of the molecule is COc1ccc(NC(=O)c2ccc3c(c2)C(=O)N(C(C)c2ccccc2)C3=O)c(OC)c1. The van der Waals surface area contributed by atoms with Gasteiger partial charge >= 0.3 is 0 Å². The first-order chi connectivity index (χ1) is 15.4. The van der Waals surface area contributed by atoms with Crippen molar-refractivity contribution in [2.75, 3.05) is 19.5 Å². The van der Waals surface area contributed by atoms with E-state index in [1.165, 1.54) is 37.3 Å². The second-order valence-electron chi connectivity index (χ2n) is 7.35. The molecule has 3 aromatic carbocycles. The predicted molar refractivity (Wildman–Crippen MR) is 119 cm³/mol. The smallest absolute Gasteiger partial charge is 0.262 e. The van der Waals surface area contributed by atoms with Crippen LogP contribution in [0.3, 0.4) is 0 Å². The molecule has 1 N–H and O–H groups in total. The fourth-order valence-corrected chi connectivity index (χ4v) is 3.73. The number of imide groups is 1. The molecule has 0 radical (unpaired) electrons. The number of nitrogens with zero attached hydrogens (tertiary/aromatic N) is 1. The molecule has 32 heavy (non-hydrogen) atoms. The van der Waals surface area contributed by atoms with Crippen molar-refractivity contribution in [3.63, 3.8) is 0 Å². The van der Waals surface area contributed by atoms with Crippen molar-refractivity contribution < 1.29 is 23.9 Å². The van der Waals surface area contributed by atoms with Gasteiger partial charge in [-0.05, 0) is 42.8 Å². The van der Waals surface area contributed by atoms with Crippen LogP contribution in [0, 0.1) is 0 Å². The summed E-state index contributed by atoms with van der Waals surface area (Å²) in [5.41, 5.74) is 2.08. The summed E-state index contributed by atoms with van der Waals surface area (Å²) >= 11 is 0. The Bertz CT molecular complexity index is 1210. The molecule has 0 fully saturated rings. The van der Waals surface area contributed by atoms with E-state index in [0.29, 0.717) is 17.2 Å². The fourth-order valence-electron chi connectivity index (χ4n) is 3.73. The zero-order valence-electron chi connectivity index (χ0n) is 17.9. The molecular formula is C25H22N2O5. The molecule has 0 bridgehead atoms. The van der Waals surface area contributed by atoms with Crippen molar-refractivity contribution in [1.29, 1.82) is 0 Å². The number of ether oxygens (including phenoxy) is 2. The van der Waals surface area contributed by atoms with E-state index in [4.69, 9.17) is 9.47 Å². The van der Waals surface area contributed by atoms with E-state index < -0.39 is 17.9 Å². The Morgan fingerprint density at radius 2 is 1.59 bits per heavy atom. The van der Waals surface area contributed by atoms with E-state index in [0.717, 1.165) is 5.56 Å². The van der Waals surface area contributed by atoms with E-state index in [1.54, 1.807) is 25.1 Å². The van der Waals surface area contributed by atoms with Crippen molar-refractivity contribution in [2.24, 2.45) is 0 Å². The molecule has 162 valence electrons. The second-order valence-corrected chi connectivity index (χ2v) is 7.35. The lowest BCUT2D eigenvalue weighted by atomic mass is 10.1. The third-order valence-electron chi connectivity index (χ3n) is 5.51. The lowest BCUT2D eigenvalue weighted by Gasteiger charge is -2.22. The molecule has 3 amide bonds. The largest absolute Gasteiger partial charge is 0.497 e. The summed E-state index contributed by atoms with van der Waals surface area (Å²) in [4.78, 5) is 40.1. The maximum Gasteiger partial charge on any atom is 0.262 e. The number of fused-ring (bicyclic) bond motifs is 1. The molecule has 1 atom stereocenters. The van der Waals surface area contributed by atoms with Crippen LogP contribution in [0.25, 0.3) is 0 Å². The first-order valence-electron chi connectivity index (χ1n) is 10.0. The van der Waals surface area contributed by atoms with Gasteiger partial charge in [0.2, 0.25) is 0 Å². The number of carbonyl (C=O) groups excluding carboxylic acids is 3. The van der Waals surface area contributed by atoms with Gasteiger partial charge in [-0.15, -0.1) is 0 Å². The molecule has 0 aromatic heterocycles. The van der Waals surface area contributed by atoms with Crippen LogP contribution in [0.1, 0.15) is 49.6 Å². The molecule has 1 unspecified atom stereocenters. The first kappa shape index (κ1) is 21.1. The van der Waals surface area contributed by atoms with Crippen molar-refractivity contribution in [3.8, 4) is 11.5 Å². The van der Waals surface area contributed by atoms with Crippen LogP contribution in [0.4, 0.5) is 5.69 Å². The summed E-state index contributed by atoms with van der Waals surface area (Å²) in [6, 6.07) is 18.4. The monoisotopic (exact) mass is 430 g/mol. The van der Waals surface area contributed by atoms with Crippen LogP contribution >= 0.6 is 0 Å². The number of rotatable bonds is 6. The van der Waals surface area contributed by atoms with Gasteiger partial charge in [-0.25, -0.2) is 0 Å². The lowest BCUT2D eigenvalue weighted by molar-refractivity contribution is 0.0595. The molecule has 1 heterocycles. The summed E-state index contributed by atoms with van der Waals surface area (Å²) in [7, 11) is 3.03. The van der Waals surface area contributed by atoms with Crippen LogP contribution in [0.5, 0.6) is 11.5 Å². The first-order valence-corrected chi connectivity index (χ1v) is 10.0. The summed E-state index contributed by atoms with van der Waals surface area (Å²) < 4.78 is 10.5. The highest BCUT2D eigenvalue weighted by Crippen LogP contribution is 2.33. The Morgan fingerprint density at radius 1 is 0.875 bits per heavy atom. The van der Waals surface area contributed by atoms with E-state index in [9.17, 15) is 14.4 Å². The predicted octanol–water partition coefficient (Wildman–Crippen LogP) is 4.31. The summed E-state index contributed by atoms with van der Waals surface area (Å²) in [6.45, 7) is 1.81. The fraction of sp³-hybridized carbons (Fsp3) is 0.160. The molecule has 0 spiro atoms. The van der Waals surface area contributed by atoms with Gasteiger partial charge < -0.3 is 14.8 Å². The minimum Gasteiger partial charge on any atom is -0.497 e. The zero-order valence-corrected chi connectivity index (χ0v) is 17.9. The molecule has 1 aliphatic rings. The molecule has 3 aromatic rings. The Morgan fingerprint density at radius 3 is 2.28 bits per heavy atom. The highest BCUT2D eigenvalue weighted by molar-refractivity contribution is 6.22. The maximum atomic E-state index is 13.1. The Kier molecular flexibility index (Phi) is 5.64. The third-order valence-corrected chi connectivity index (χ3v) is 5.51. The molecule has 0 aliphatic carbocycles. The van der Waals surface area contributed by atoms with Gasteiger partial charge in [0, 0.05) is 11.6 Å². The van der Waals surface area contributed by atoms with Crippen molar-refractivity contribution in [2.45, 2.75) is 13.0 Å². The van der Waals surface area contributed by atoms with Crippen LogP contribution in [0.15, 0.2) is 66.7 Å². The minimum absolute atomic E-state index is 0.215. The van der Waals surface area contributed by atoms with Gasteiger partial charge in [0.1, 0.15) is 11.5 Å². The van der Waals surface area contributed by atoms with Gasteiger partial charge in [0.25, 0.3) is 17.7 Å². The third kappa shape index (κ3) is 3.69. The quantitative estimate of drug-likeness (QED) is 0.589. The van der Waals surface area contributed by atoms with Gasteiger partial charge in [-0.3, -0.25) is 19.3 Å². The number of methoxy groups -OCH3 is 2. The second kappa shape index (κ2) is 8.55. The maximum absolute atomic E-state index is 13.1. The summed E-state index contributed by atoms with van der Waals surface area (Å²) in [5, 5.41) is 2.78. The van der Waals surface area contributed by atoms with Crippen molar-refractivity contribution >= 4 is 23.4 Å². The van der Waals surface area contributed by atoms with Gasteiger partial charge in [0.05, 0.1) is 37.1 Å². The Hall–Kier alpha value is -4.13. The Labute approximate surface area is 185 Å². The molecule has 1 aliphatic heterocycles. The normalized spacial score (nSPS) is 13.5. The number of hydrogen-bond acceptors (Lipinski definition) is 5. The van der Waals surface area contributed by atoms with Crippen molar-refractivity contribution in [3.05, 3.63) is 89.0 Å². The Balaban J connectivity index is 1.59. The molecule has 0 saturated heterocycles. The average molecular weight is 430 g/mol. The standard InChI is InChI=1S/C25H22N2O5/c1-15(16-7-5-4-6-8-16)27-24(29)19-11-9-17(13-20(19)25(27)30)23(28)26-21-12-10-18(31-2)14-22(21)32-3/h4-15H,1-3H3,(H,26,28). The number of carbonyl (C=O) groups is 3. The molecule has 7 heteroatoms. The number of amides is 3. The van der Waals surface area contributed by atoms with Crippen LogP contribution in [0.2, 0.25) is 0 Å². The number of benzene rings is 3. The number of hydrogen-bond donors (Lipinski definition) is 1. The van der Waals surface area contributed by atoms with Gasteiger partial charge in [-0.1, -0.05) is 30.3 Å². The molecule has 0 saturated carbocycles. The molecule has 7 nitrogen and oxygen atoms in total. The van der Waals surface area contributed by atoms with E-state index in [1.807, 2.05) is 30.3 Å². The molecular weight excluding hydrogens is 408 g/mol. The topological polar surface area (TPSA) is 84.9 Å². The van der Waals surface area contributed by atoms with E-state index in [-0.39, 0.29) is 22.6 Å². The van der Waals surface area contributed by atoms with Crippen molar-refractivity contribution in [1.82, 2.24) is 4.90 Å². The minimum atomic E-state index is -0.426. The van der Waals surface area contributed by atoms with Gasteiger partial charge in [-0.2, -0.15) is 0 Å². The highest BCUT2D eigenvalue weighted by atomic mass is 16.5. The highest BCUT2D eigenvalue weighted by Gasteiger charge is 2.39. The van der Waals surface area contributed by atoms with E-state index >= 15 is 0 Å².